The van der Waals surface area contributed by atoms with Gasteiger partial charge in [-0.25, -0.2) is 0 Å². The molecule has 2 rings (SSSR count). The van der Waals surface area contributed by atoms with Crippen molar-refractivity contribution in [3.63, 3.8) is 0 Å². The molecule has 2 aromatic rings. The van der Waals surface area contributed by atoms with E-state index in [1.807, 2.05) is 26.0 Å². The van der Waals surface area contributed by atoms with Gasteiger partial charge in [0.25, 0.3) is 5.69 Å². The molecule has 126 valence electrons. The van der Waals surface area contributed by atoms with Gasteiger partial charge in [-0.15, -0.1) is 0 Å². The molecule has 24 heavy (non-hydrogen) atoms. The minimum Gasteiger partial charge on any atom is -0.491 e. The highest BCUT2D eigenvalue weighted by atomic mass is 16.6. The van der Waals surface area contributed by atoms with Gasteiger partial charge in [0.2, 0.25) is 5.91 Å². The summed E-state index contributed by atoms with van der Waals surface area (Å²) in [4.78, 5) is 22.8. The maximum atomic E-state index is 12.3. The van der Waals surface area contributed by atoms with Gasteiger partial charge < -0.3 is 10.1 Å². The highest BCUT2D eigenvalue weighted by Gasteiger charge is 2.16. The molecule has 6 heteroatoms. The molecule has 0 fully saturated rings. The molecule has 0 aliphatic carbocycles. The first-order chi connectivity index (χ1) is 11.5. The molecule has 0 spiro atoms. The molecular weight excluding hydrogens is 308 g/mol. The molecule has 1 amide bonds. The van der Waals surface area contributed by atoms with Crippen molar-refractivity contribution in [2.24, 2.45) is 0 Å². The summed E-state index contributed by atoms with van der Waals surface area (Å²) in [6.45, 7) is 4.50. The highest BCUT2D eigenvalue weighted by Crippen LogP contribution is 2.26. The number of rotatable bonds is 7. The van der Waals surface area contributed by atoms with Crippen molar-refractivity contribution in [2.45, 2.75) is 26.7 Å². The largest absolute Gasteiger partial charge is 0.491 e. The summed E-state index contributed by atoms with van der Waals surface area (Å²) in [7, 11) is 0. The Labute approximate surface area is 140 Å². The number of para-hydroxylation sites is 1. The fraction of sp³-hybridized carbons (Fsp3) is 0.278. The smallest absolute Gasteiger partial charge is 0.273 e. The van der Waals surface area contributed by atoms with Gasteiger partial charge in [0.1, 0.15) is 5.75 Å². The third kappa shape index (κ3) is 4.55. The summed E-state index contributed by atoms with van der Waals surface area (Å²) in [6.07, 6.45) is 0.787. The SMILES string of the molecule is CCCOc1cc(C)ccc1NC(=O)Cc1ccccc1[N+](=O)[O-]. The lowest BCUT2D eigenvalue weighted by Crippen LogP contribution is -2.16. The normalized spacial score (nSPS) is 10.2. The van der Waals surface area contributed by atoms with Crippen LogP contribution in [-0.2, 0) is 11.2 Å². The van der Waals surface area contributed by atoms with Crippen molar-refractivity contribution >= 4 is 17.3 Å². The van der Waals surface area contributed by atoms with Crippen LogP contribution in [0.5, 0.6) is 5.75 Å². The zero-order chi connectivity index (χ0) is 17.5. The van der Waals surface area contributed by atoms with E-state index in [9.17, 15) is 14.9 Å². The van der Waals surface area contributed by atoms with Crippen molar-refractivity contribution in [1.82, 2.24) is 0 Å². The number of ether oxygens (including phenoxy) is 1. The average Bonchev–Trinajstić information content (AvgIpc) is 2.55. The second kappa shape index (κ2) is 8.10. The summed E-state index contributed by atoms with van der Waals surface area (Å²) in [6, 6.07) is 11.7. The van der Waals surface area contributed by atoms with Crippen molar-refractivity contribution in [3.8, 4) is 5.75 Å². The third-order valence-corrected chi connectivity index (χ3v) is 3.41. The van der Waals surface area contributed by atoms with Gasteiger partial charge in [-0.05, 0) is 31.0 Å². The maximum Gasteiger partial charge on any atom is 0.273 e. The monoisotopic (exact) mass is 328 g/mol. The fourth-order valence-electron chi connectivity index (χ4n) is 2.27. The van der Waals surface area contributed by atoms with E-state index in [0.29, 0.717) is 23.6 Å². The summed E-state index contributed by atoms with van der Waals surface area (Å²) >= 11 is 0. The number of amides is 1. The van der Waals surface area contributed by atoms with Crippen molar-refractivity contribution < 1.29 is 14.5 Å². The molecule has 0 aromatic heterocycles. The van der Waals surface area contributed by atoms with Crippen LogP contribution in [0.1, 0.15) is 24.5 Å². The molecule has 1 N–H and O–H groups in total. The number of anilines is 1. The lowest BCUT2D eigenvalue weighted by atomic mass is 10.1. The van der Waals surface area contributed by atoms with Crippen LogP contribution >= 0.6 is 0 Å². The van der Waals surface area contributed by atoms with E-state index >= 15 is 0 Å². The Balaban J connectivity index is 2.14. The molecule has 2 aromatic carbocycles. The number of carbonyl (C=O) groups excluding carboxylic acids is 1. The number of hydrogen-bond donors (Lipinski definition) is 1. The number of nitro groups is 1. The van der Waals surface area contributed by atoms with Gasteiger partial charge in [0, 0.05) is 11.6 Å². The molecule has 0 atom stereocenters. The van der Waals surface area contributed by atoms with E-state index in [1.165, 1.54) is 6.07 Å². The molecule has 0 bridgehead atoms. The first kappa shape index (κ1) is 17.5. The van der Waals surface area contributed by atoms with Crippen molar-refractivity contribution in [1.29, 1.82) is 0 Å². The Hall–Kier alpha value is -2.89. The van der Waals surface area contributed by atoms with E-state index < -0.39 is 4.92 Å². The van der Waals surface area contributed by atoms with Crippen molar-refractivity contribution in [3.05, 3.63) is 63.7 Å². The lowest BCUT2D eigenvalue weighted by molar-refractivity contribution is -0.385. The van der Waals surface area contributed by atoms with Crippen LogP contribution in [0.3, 0.4) is 0 Å². The number of carbonyl (C=O) groups is 1. The first-order valence-electron chi connectivity index (χ1n) is 7.77. The second-order valence-corrected chi connectivity index (χ2v) is 5.46. The fourth-order valence-corrected chi connectivity index (χ4v) is 2.27. The highest BCUT2D eigenvalue weighted by molar-refractivity contribution is 5.94. The van der Waals surface area contributed by atoms with Crippen LogP contribution in [0.2, 0.25) is 0 Å². The molecule has 0 saturated heterocycles. The van der Waals surface area contributed by atoms with Gasteiger partial charge in [-0.2, -0.15) is 0 Å². The Kier molecular flexibility index (Phi) is 5.89. The molecule has 0 unspecified atom stereocenters. The number of nitrogens with zero attached hydrogens (tertiary/aromatic N) is 1. The van der Waals surface area contributed by atoms with Crippen molar-refractivity contribution in [2.75, 3.05) is 11.9 Å². The molecule has 6 nitrogen and oxygen atoms in total. The molecular formula is C18H20N2O4. The summed E-state index contributed by atoms with van der Waals surface area (Å²) < 4.78 is 5.66. The van der Waals surface area contributed by atoms with Gasteiger partial charge in [-0.3, -0.25) is 14.9 Å². The van der Waals surface area contributed by atoms with Crippen LogP contribution in [0.4, 0.5) is 11.4 Å². The standard InChI is InChI=1S/C18H20N2O4/c1-3-10-24-17-11-13(2)8-9-15(17)19-18(21)12-14-6-4-5-7-16(14)20(22)23/h4-9,11H,3,10,12H2,1-2H3,(H,19,21). The number of nitrogens with one attached hydrogen (secondary N) is 1. The maximum absolute atomic E-state index is 12.3. The van der Waals surface area contributed by atoms with Crippen LogP contribution in [0.15, 0.2) is 42.5 Å². The quantitative estimate of drug-likeness (QED) is 0.618. The minimum absolute atomic E-state index is 0.0565. The summed E-state index contributed by atoms with van der Waals surface area (Å²) in [5.74, 6) is 0.280. The number of hydrogen-bond acceptors (Lipinski definition) is 4. The van der Waals surface area contributed by atoms with Crippen LogP contribution < -0.4 is 10.1 Å². The Morgan fingerprint density at radius 3 is 2.71 bits per heavy atom. The summed E-state index contributed by atoms with van der Waals surface area (Å²) in [5, 5.41) is 13.8. The molecule has 0 aliphatic rings. The van der Waals surface area contributed by atoms with Crippen LogP contribution in [-0.4, -0.2) is 17.4 Å². The van der Waals surface area contributed by atoms with Gasteiger partial charge >= 0.3 is 0 Å². The molecule has 0 radical (unpaired) electrons. The van der Waals surface area contributed by atoms with E-state index in [4.69, 9.17) is 4.74 Å². The topological polar surface area (TPSA) is 81.5 Å². The van der Waals surface area contributed by atoms with E-state index in [1.54, 1.807) is 24.3 Å². The zero-order valence-corrected chi connectivity index (χ0v) is 13.7. The first-order valence-corrected chi connectivity index (χ1v) is 7.77. The Morgan fingerprint density at radius 2 is 2.00 bits per heavy atom. The molecule has 0 saturated carbocycles. The second-order valence-electron chi connectivity index (χ2n) is 5.46. The third-order valence-electron chi connectivity index (χ3n) is 3.41. The predicted octanol–water partition coefficient (Wildman–Crippen LogP) is 3.87. The predicted molar refractivity (Wildman–Crippen MR) is 92.4 cm³/mol. The average molecular weight is 328 g/mol. The number of benzene rings is 2. The van der Waals surface area contributed by atoms with Gasteiger partial charge in [0.05, 0.1) is 23.6 Å². The van der Waals surface area contributed by atoms with Crippen LogP contribution in [0, 0.1) is 17.0 Å². The van der Waals surface area contributed by atoms with E-state index in [0.717, 1.165) is 12.0 Å². The Morgan fingerprint density at radius 1 is 1.25 bits per heavy atom. The number of nitro benzene ring substituents is 1. The minimum atomic E-state index is -0.482. The van der Waals surface area contributed by atoms with E-state index in [-0.39, 0.29) is 18.0 Å². The Bertz CT molecular complexity index is 744. The zero-order valence-electron chi connectivity index (χ0n) is 13.7. The van der Waals surface area contributed by atoms with Gasteiger partial charge in [-0.1, -0.05) is 31.2 Å². The molecule has 0 aliphatic heterocycles. The van der Waals surface area contributed by atoms with E-state index in [2.05, 4.69) is 5.32 Å². The molecule has 0 heterocycles. The van der Waals surface area contributed by atoms with Gasteiger partial charge in [0.15, 0.2) is 0 Å². The van der Waals surface area contributed by atoms with Crippen LogP contribution in [0.25, 0.3) is 0 Å². The summed E-state index contributed by atoms with van der Waals surface area (Å²) in [5.41, 5.74) is 1.91. The lowest BCUT2D eigenvalue weighted by Gasteiger charge is -2.13. The number of aryl methyl sites for hydroxylation is 1.